The van der Waals surface area contributed by atoms with Crippen molar-refractivity contribution in [2.75, 3.05) is 0 Å². The summed E-state index contributed by atoms with van der Waals surface area (Å²) in [5.41, 5.74) is 19.3. The number of nitrogens with zero attached hydrogens (tertiary/aromatic N) is 2. The summed E-state index contributed by atoms with van der Waals surface area (Å²) in [5.74, 6) is 0. The van der Waals surface area contributed by atoms with E-state index in [0.717, 1.165) is 22.2 Å². The lowest BCUT2D eigenvalue weighted by Gasteiger charge is -2.27. The van der Waals surface area contributed by atoms with Crippen LogP contribution in [0.15, 0.2) is 126 Å². The summed E-state index contributed by atoms with van der Waals surface area (Å²) >= 11 is 1.91. The third-order valence-electron chi connectivity index (χ3n) is 13.5. The molecule has 0 amide bonds. The number of hydrogen-bond acceptors (Lipinski definition) is 2. The van der Waals surface area contributed by atoms with Gasteiger partial charge in [-0.05, 0) is 115 Å². The predicted octanol–water partition coefficient (Wildman–Crippen LogP) is 17.3. The molecule has 0 aliphatic heterocycles. The van der Waals surface area contributed by atoms with Crippen molar-refractivity contribution in [3.8, 4) is 22.3 Å². The molecule has 0 bridgehead atoms. The van der Waals surface area contributed by atoms with Crippen molar-refractivity contribution in [1.82, 2.24) is 8.80 Å². The molecule has 7 aromatic carbocycles. The second-order valence-electron chi connectivity index (χ2n) is 21.9. The van der Waals surface area contributed by atoms with Crippen molar-refractivity contribution >= 4 is 86.5 Å². The van der Waals surface area contributed by atoms with Gasteiger partial charge >= 0.3 is 0 Å². The van der Waals surface area contributed by atoms with Crippen molar-refractivity contribution in [3.05, 3.63) is 144 Å². The van der Waals surface area contributed by atoms with Gasteiger partial charge in [-0.3, -0.25) is 0 Å². The van der Waals surface area contributed by atoms with Crippen LogP contribution in [0.5, 0.6) is 0 Å². The van der Waals surface area contributed by atoms with E-state index in [1.165, 1.54) is 97.5 Å². The first-order valence-corrected chi connectivity index (χ1v) is 23.1. The fraction of sp³-hybridized carbons (Fsp3) is 0.276. The minimum absolute atomic E-state index is 0.0217. The van der Waals surface area contributed by atoms with E-state index in [0.29, 0.717) is 0 Å². The maximum absolute atomic E-state index is 7.30. The van der Waals surface area contributed by atoms with Gasteiger partial charge in [0.25, 0.3) is 0 Å². The Hall–Kier alpha value is -5.84. The largest absolute Gasteiger partial charge is 0.452 e. The number of hydrogen-bond donors (Lipinski definition) is 0. The molecule has 4 heterocycles. The first-order valence-electron chi connectivity index (χ1n) is 22.3. The fourth-order valence-corrected chi connectivity index (χ4v) is 11.5. The van der Waals surface area contributed by atoms with E-state index < -0.39 is 0 Å². The fourth-order valence-electron chi connectivity index (χ4n) is 10.2. The zero-order valence-corrected chi connectivity index (χ0v) is 39.1. The van der Waals surface area contributed by atoms with Crippen LogP contribution in [0.2, 0.25) is 0 Å². The van der Waals surface area contributed by atoms with Gasteiger partial charge in [0, 0.05) is 16.2 Å². The Morgan fingerprint density at radius 3 is 1.48 bits per heavy atom. The molecular weight excluding hydrogens is 773 g/mol. The third kappa shape index (κ3) is 5.68. The molecule has 4 heteroatoms. The van der Waals surface area contributed by atoms with Crippen molar-refractivity contribution in [2.24, 2.45) is 0 Å². The molecule has 0 fully saturated rings. The average molecular weight is 829 g/mol. The zero-order chi connectivity index (χ0) is 43.4. The third-order valence-corrected chi connectivity index (χ3v) is 14.6. The summed E-state index contributed by atoms with van der Waals surface area (Å²) in [6.07, 6.45) is 0. The molecule has 0 saturated heterocycles. The predicted molar refractivity (Wildman–Crippen MR) is 269 cm³/mol. The van der Waals surface area contributed by atoms with E-state index in [2.05, 4.69) is 213 Å². The molecule has 0 saturated carbocycles. The minimum Gasteiger partial charge on any atom is -0.452 e. The molecular formula is C58H56N2OS. The van der Waals surface area contributed by atoms with E-state index in [9.17, 15) is 0 Å². The van der Waals surface area contributed by atoms with Gasteiger partial charge in [0.2, 0.25) is 0 Å². The smallest absolute Gasteiger partial charge is 0.162 e. The molecule has 0 N–H and O–H groups in total. The lowest BCUT2D eigenvalue weighted by Crippen LogP contribution is -2.16. The van der Waals surface area contributed by atoms with E-state index in [1.807, 2.05) is 11.3 Å². The molecule has 0 aliphatic carbocycles. The summed E-state index contributed by atoms with van der Waals surface area (Å²) < 4.78 is 14.9. The van der Waals surface area contributed by atoms with E-state index >= 15 is 0 Å². The molecule has 0 spiro atoms. The highest BCUT2D eigenvalue weighted by Gasteiger charge is 2.29. The Bertz CT molecular complexity index is 3420. The second-order valence-corrected chi connectivity index (χ2v) is 23.0. The quantitative estimate of drug-likeness (QED) is 0.159. The lowest BCUT2D eigenvalue weighted by molar-refractivity contribution is 0.578. The van der Waals surface area contributed by atoms with E-state index in [4.69, 9.17) is 4.42 Å². The highest BCUT2D eigenvalue weighted by Crippen LogP contribution is 2.51. The molecule has 11 rings (SSSR count). The minimum atomic E-state index is -0.0349. The first kappa shape index (κ1) is 39.0. The molecule has 62 heavy (non-hydrogen) atoms. The number of para-hydroxylation sites is 3. The van der Waals surface area contributed by atoms with Crippen molar-refractivity contribution in [1.29, 1.82) is 0 Å². The first-order chi connectivity index (χ1) is 29.3. The SMILES string of the molecule is CC(C)(C)c1ccc(C(C)(C)C)c(-c2ccc3c(c2)c2c4sc5ccccc5n5c6ccc(-c7cc(C(C)(C)C)ccc7C(C)(C)C)cc6c(c6oc7ccccc7n3c62)c45)c1. The number of aromatic nitrogens is 2. The molecule has 3 nitrogen and oxygen atoms in total. The highest BCUT2D eigenvalue weighted by molar-refractivity contribution is 7.25. The van der Waals surface area contributed by atoms with Crippen LogP contribution in [0, 0.1) is 0 Å². The monoisotopic (exact) mass is 828 g/mol. The van der Waals surface area contributed by atoms with Gasteiger partial charge in [-0.15, -0.1) is 11.3 Å². The van der Waals surface area contributed by atoms with Gasteiger partial charge in [-0.1, -0.05) is 156 Å². The zero-order valence-electron chi connectivity index (χ0n) is 38.3. The second kappa shape index (κ2) is 12.9. The molecule has 310 valence electrons. The van der Waals surface area contributed by atoms with Crippen LogP contribution in [0.1, 0.15) is 105 Å². The molecule has 0 aliphatic rings. The summed E-state index contributed by atoms with van der Waals surface area (Å²) in [7, 11) is 0. The van der Waals surface area contributed by atoms with Crippen LogP contribution in [0.3, 0.4) is 0 Å². The van der Waals surface area contributed by atoms with Crippen LogP contribution in [-0.4, -0.2) is 8.80 Å². The van der Waals surface area contributed by atoms with Gasteiger partial charge < -0.3 is 13.2 Å². The van der Waals surface area contributed by atoms with Gasteiger partial charge in [0.05, 0.1) is 47.9 Å². The molecule has 4 aromatic heterocycles. The molecule has 11 aromatic rings. The summed E-state index contributed by atoms with van der Waals surface area (Å²) in [4.78, 5) is 0. The standard InChI is InChI=1S/C58H56N2OS/c1-55(2,3)35-23-25-41(57(7,8)9)37(31-35)33-21-27-43-39(29-33)49-52-54(62-48-20-16-14-18-46(48)60(43)52)50-40-30-34(38-32-36(56(4,5)6)24-26-42(38)58(10,11)12)22-28-44(40)59-45-17-13-15-19-47(45)61-53(49)51(50)59/h13-32H,1-12H3. The maximum Gasteiger partial charge on any atom is 0.162 e. The Morgan fingerprint density at radius 2 is 0.935 bits per heavy atom. The number of fused-ring (bicyclic) bond motifs is 12. The molecule has 0 radical (unpaired) electrons. The van der Waals surface area contributed by atoms with Crippen molar-refractivity contribution < 1.29 is 4.42 Å². The van der Waals surface area contributed by atoms with E-state index in [-0.39, 0.29) is 21.7 Å². The van der Waals surface area contributed by atoms with Gasteiger partial charge in [-0.2, -0.15) is 0 Å². The Kier molecular flexibility index (Phi) is 8.10. The van der Waals surface area contributed by atoms with Gasteiger partial charge in [-0.25, -0.2) is 0 Å². The summed E-state index contributed by atoms with van der Waals surface area (Å²) in [5, 5.41) is 4.87. The summed E-state index contributed by atoms with van der Waals surface area (Å²) in [6, 6.07) is 46.2. The Balaban J connectivity index is 1.34. The Morgan fingerprint density at radius 1 is 0.435 bits per heavy atom. The van der Waals surface area contributed by atoms with Crippen LogP contribution in [-0.2, 0) is 21.7 Å². The molecule has 0 unspecified atom stereocenters. The number of benzene rings is 7. The van der Waals surface area contributed by atoms with Crippen molar-refractivity contribution in [2.45, 2.75) is 105 Å². The van der Waals surface area contributed by atoms with Gasteiger partial charge in [0.15, 0.2) is 11.2 Å². The van der Waals surface area contributed by atoms with Crippen LogP contribution in [0.25, 0.3) is 97.5 Å². The average Bonchev–Trinajstić information content (AvgIpc) is 3.75. The topological polar surface area (TPSA) is 22.0 Å². The van der Waals surface area contributed by atoms with Crippen molar-refractivity contribution in [3.63, 3.8) is 0 Å². The van der Waals surface area contributed by atoms with Gasteiger partial charge in [0.1, 0.15) is 0 Å². The Labute approximate surface area is 368 Å². The summed E-state index contributed by atoms with van der Waals surface area (Å²) in [6.45, 7) is 27.9. The van der Waals surface area contributed by atoms with Crippen LogP contribution >= 0.6 is 11.3 Å². The lowest BCUT2D eigenvalue weighted by atomic mass is 9.78. The van der Waals surface area contributed by atoms with E-state index in [1.54, 1.807) is 0 Å². The maximum atomic E-state index is 7.30. The van der Waals surface area contributed by atoms with Crippen LogP contribution < -0.4 is 0 Å². The number of rotatable bonds is 2. The molecule has 0 atom stereocenters. The normalized spacial score (nSPS) is 13.5. The van der Waals surface area contributed by atoms with Crippen LogP contribution in [0.4, 0.5) is 0 Å². The highest BCUT2D eigenvalue weighted by atomic mass is 32.1.